The number of aromatic nitrogens is 1. The van der Waals surface area contributed by atoms with Crippen molar-refractivity contribution in [3.8, 4) is 5.69 Å². The van der Waals surface area contributed by atoms with Crippen molar-refractivity contribution in [3.05, 3.63) is 58.5 Å². The molecule has 0 aliphatic rings. The van der Waals surface area contributed by atoms with E-state index in [-0.39, 0.29) is 5.43 Å². The predicted molar refractivity (Wildman–Crippen MR) is 76.2 cm³/mol. The summed E-state index contributed by atoms with van der Waals surface area (Å²) >= 11 is 0. The van der Waals surface area contributed by atoms with Gasteiger partial charge in [-0.15, -0.1) is 0 Å². The molecule has 0 amide bonds. The molecule has 1 heterocycles. The molecular formula is C14H16BNO3. The number of nitrogens with zero attached hydrogens (tertiary/aromatic N) is 1. The average Bonchev–Trinajstić information content (AvgIpc) is 2.45. The molecule has 2 aromatic rings. The summed E-state index contributed by atoms with van der Waals surface area (Å²) < 4.78 is 12.3. The topological polar surface area (TPSA) is 40.5 Å². The van der Waals surface area contributed by atoms with E-state index in [2.05, 4.69) is 0 Å². The van der Waals surface area contributed by atoms with Crippen LogP contribution in [0.2, 0.25) is 0 Å². The van der Waals surface area contributed by atoms with E-state index in [0.717, 1.165) is 5.69 Å². The van der Waals surface area contributed by atoms with Gasteiger partial charge in [0.15, 0.2) is 5.43 Å². The molecule has 0 atom stereocenters. The van der Waals surface area contributed by atoms with E-state index in [0.29, 0.717) is 11.0 Å². The van der Waals surface area contributed by atoms with Crippen LogP contribution in [0.5, 0.6) is 0 Å². The van der Waals surface area contributed by atoms with Gasteiger partial charge in [0, 0.05) is 43.3 Å². The van der Waals surface area contributed by atoms with Crippen molar-refractivity contribution in [2.75, 3.05) is 14.2 Å². The Balaban J connectivity index is 2.57. The molecule has 19 heavy (non-hydrogen) atoms. The highest BCUT2D eigenvalue weighted by Gasteiger charge is 2.23. The first-order valence-electron chi connectivity index (χ1n) is 6.01. The second-order valence-corrected chi connectivity index (χ2v) is 4.27. The Hall–Kier alpha value is -1.85. The van der Waals surface area contributed by atoms with Crippen molar-refractivity contribution < 1.29 is 9.31 Å². The van der Waals surface area contributed by atoms with Gasteiger partial charge in [0.2, 0.25) is 0 Å². The van der Waals surface area contributed by atoms with E-state index < -0.39 is 7.12 Å². The largest absolute Gasteiger partial charge is 0.499 e. The maximum atomic E-state index is 12.1. The van der Waals surface area contributed by atoms with E-state index >= 15 is 0 Å². The lowest BCUT2D eigenvalue weighted by Gasteiger charge is -2.13. The lowest BCUT2D eigenvalue weighted by molar-refractivity contribution is 0.291. The van der Waals surface area contributed by atoms with Gasteiger partial charge in [-0.2, -0.15) is 0 Å². The van der Waals surface area contributed by atoms with Gasteiger partial charge in [0.1, 0.15) is 0 Å². The quantitative estimate of drug-likeness (QED) is 0.771. The molecule has 1 aromatic carbocycles. The lowest BCUT2D eigenvalue weighted by Crippen LogP contribution is -2.46. The van der Waals surface area contributed by atoms with Crippen LogP contribution in [-0.4, -0.2) is 25.9 Å². The first-order chi connectivity index (χ1) is 9.17. The Labute approximate surface area is 112 Å². The zero-order chi connectivity index (χ0) is 13.8. The summed E-state index contributed by atoms with van der Waals surface area (Å²) in [6.07, 6.45) is 3.56. The van der Waals surface area contributed by atoms with Crippen molar-refractivity contribution in [1.29, 1.82) is 0 Å². The third kappa shape index (κ3) is 2.77. The molecule has 0 aliphatic carbocycles. The minimum atomic E-state index is -0.651. The first-order valence-corrected chi connectivity index (χ1v) is 6.01. The number of benzene rings is 1. The number of pyridine rings is 1. The lowest BCUT2D eigenvalue weighted by atomic mass is 9.79. The summed E-state index contributed by atoms with van der Waals surface area (Å²) in [5, 5.41) is 0. The van der Waals surface area contributed by atoms with Gasteiger partial charge in [0.25, 0.3) is 0 Å². The summed E-state index contributed by atoms with van der Waals surface area (Å²) in [4.78, 5) is 12.1. The van der Waals surface area contributed by atoms with Crippen molar-refractivity contribution >= 4 is 12.6 Å². The standard InChI is InChI=1S/C14H16BNO3/c1-11-9-16(12-7-5-4-6-8-12)10-13(14(11)17)15(18-2)19-3/h4-10H,1-3H3. The summed E-state index contributed by atoms with van der Waals surface area (Å²) in [6.45, 7) is 1.79. The van der Waals surface area contributed by atoms with Gasteiger partial charge in [-0.05, 0) is 19.1 Å². The highest BCUT2D eigenvalue weighted by molar-refractivity contribution is 6.61. The number of rotatable bonds is 4. The number of para-hydroxylation sites is 1. The average molecular weight is 257 g/mol. The normalized spacial score (nSPS) is 10.5. The van der Waals surface area contributed by atoms with Crippen molar-refractivity contribution in [2.24, 2.45) is 0 Å². The van der Waals surface area contributed by atoms with E-state index in [1.165, 1.54) is 14.2 Å². The predicted octanol–water partition coefficient (Wildman–Crippen LogP) is 1.13. The summed E-state index contributed by atoms with van der Waals surface area (Å²) in [6, 6.07) is 9.80. The minimum absolute atomic E-state index is 0.0547. The molecule has 0 spiro atoms. The van der Waals surface area contributed by atoms with Gasteiger partial charge < -0.3 is 13.9 Å². The highest BCUT2D eigenvalue weighted by Crippen LogP contribution is 2.06. The summed E-state index contributed by atoms with van der Waals surface area (Å²) in [5.41, 5.74) is 2.08. The van der Waals surface area contributed by atoms with Gasteiger partial charge in [-0.1, -0.05) is 18.2 Å². The number of aryl methyl sites for hydroxylation is 1. The molecule has 0 saturated heterocycles. The maximum Gasteiger partial charge on any atom is 0.499 e. The molecule has 1 aromatic heterocycles. The van der Waals surface area contributed by atoms with E-state index in [1.54, 1.807) is 13.1 Å². The number of hydrogen-bond acceptors (Lipinski definition) is 3. The summed E-state index contributed by atoms with van der Waals surface area (Å²) in [5.74, 6) is 0. The SMILES string of the molecule is COB(OC)c1cn(-c2ccccc2)cc(C)c1=O. The maximum absolute atomic E-state index is 12.1. The van der Waals surface area contributed by atoms with Crippen LogP contribution in [-0.2, 0) is 9.31 Å². The monoisotopic (exact) mass is 257 g/mol. The molecule has 0 bridgehead atoms. The van der Waals surface area contributed by atoms with Crippen LogP contribution in [0.1, 0.15) is 5.56 Å². The van der Waals surface area contributed by atoms with E-state index in [1.807, 2.05) is 41.1 Å². The first kappa shape index (κ1) is 13.6. The zero-order valence-corrected chi connectivity index (χ0v) is 11.3. The Morgan fingerprint density at radius 1 is 1.05 bits per heavy atom. The fourth-order valence-electron chi connectivity index (χ4n) is 2.01. The fraction of sp³-hybridized carbons (Fsp3) is 0.214. The van der Waals surface area contributed by atoms with Gasteiger partial charge >= 0.3 is 7.12 Å². The molecule has 0 radical (unpaired) electrons. The van der Waals surface area contributed by atoms with E-state index in [4.69, 9.17) is 9.31 Å². The molecule has 5 heteroatoms. The van der Waals surface area contributed by atoms with Crippen LogP contribution in [0.25, 0.3) is 5.69 Å². The third-order valence-corrected chi connectivity index (χ3v) is 2.97. The third-order valence-electron chi connectivity index (χ3n) is 2.97. The van der Waals surface area contributed by atoms with Crippen LogP contribution >= 0.6 is 0 Å². The molecule has 0 saturated carbocycles. The Morgan fingerprint density at radius 2 is 1.68 bits per heavy atom. The highest BCUT2D eigenvalue weighted by atomic mass is 16.6. The smallest absolute Gasteiger partial charge is 0.410 e. The molecule has 0 unspecified atom stereocenters. The molecule has 4 nitrogen and oxygen atoms in total. The van der Waals surface area contributed by atoms with Crippen LogP contribution in [0.15, 0.2) is 47.5 Å². The van der Waals surface area contributed by atoms with Crippen LogP contribution in [0.4, 0.5) is 0 Å². The van der Waals surface area contributed by atoms with Crippen molar-refractivity contribution in [2.45, 2.75) is 6.92 Å². The van der Waals surface area contributed by atoms with Crippen LogP contribution in [0.3, 0.4) is 0 Å². The molecule has 98 valence electrons. The van der Waals surface area contributed by atoms with Crippen molar-refractivity contribution in [3.63, 3.8) is 0 Å². The molecule has 2 rings (SSSR count). The Bertz CT molecular complexity index is 606. The van der Waals surface area contributed by atoms with Crippen molar-refractivity contribution in [1.82, 2.24) is 4.57 Å². The second-order valence-electron chi connectivity index (χ2n) is 4.27. The van der Waals surface area contributed by atoms with Gasteiger partial charge in [-0.3, -0.25) is 4.79 Å². The van der Waals surface area contributed by atoms with Crippen LogP contribution < -0.4 is 10.9 Å². The fourth-order valence-corrected chi connectivity index (χ4v) is 2.01. The number of hydrogen-bond donors (Lipinski definition) is 0. The summed E-state index contributed by atoms with van der Waals surface area (Å²) in [7, 11) is 2.38. The Kier molecular flexibility index (Phi) is 4.19. The molecule has 0 N–H and O–H groups in total. The zero-order valence-electron chi connectivity index (χ0n) is 11.3. The second kappa shape index (κ2) is 5.86. The molecular weight excluding hydrogens is 241 g/mol. The van der Waals surface area contributed by atoms with E-state index in [9.17, 15) is 4.79 Å². The van der Waals surface area contributed by atoms with Crippen LogP contribution in [0, 0.1) is 6.92 Å². The van der Waals surface area contributed by atoms with Gasteiger partial charge in [-0.25, -0.2) is 0 Å². The molecule has 0 fully saturated rings. The molecule has 0 aliphatic heterocycles. The minimum Gasteiger partial charge on any atom is -0.410 e. The Morgan fingerprint density at radius 3 is 2.26 bits per heavy atom. The van der Waals surface area contributed by atoms with Gasteiger partial charge in [0.05, 0.1) is 0 Å².